The topological polar surface area (TPSA) is 43.7 Å². The predicted molar refractivity (Wildman–Crippen MR) is 83.6 cm³/mol. The van der Waals surface area contributed by atoms with Crippen LogP contribution in [0.1, 0.15) is 17.3 Å². The van der Waals surface area contributed by atoms with Crippen molar-refractivity contribution in [2.75, 3.05) is 34.9 Å². The average Bonchev–Trinajstić information content (AvgIpc) is 2.82. The third-order valence-electron chi connectivity index (χ3n) is 3.54. The monoisotopic (exact) mass is 290 g/mol. The van der Waals surface area contributed by atoms with Gasteiger partial charge in [-0.3, -0.25) is 4.79 Å². The Hall–Kier alpha value is -2.01. The van der Waals surface area contributed by atoms with Crippen LogP contribution in [-0.2, 0) is 6.54 Å². The molecular weight excluding hydrogens is 268 g/mol. The number of Topliss-reactive ketones (excluding diaryl/α,β-unsaturated/α-hetero) is 1. The van der Waals surface area contributed by atoms with Gasteiger partial charge in [0.25, 0.3) is 0 Å². The van der Waals surface area contributed by atoms with Crippen molar-refractivity contribution in [3.8, 4) is 11.5 Å². The highest BCUT2D eigenvalue weighted by Gasteiger charge is 2.17. The molecule has 5 heteroatoms. The number of aromatic nitrogens is 1. The van der Waals surface area contributed by atoms with Gasteiger partial charge in [0.15, 0.2) is 5.78 Å². The highest BCUT2D eigenvalue weighted by molar-refractivity contribution is 6.09. The van der Waals surface area contributed by atoms with E-state index < -0.39 is 0 Å². The van der Waals surface area contributed by atoms with E-state index in [4.69, 9.17) is 9.47 Å². The van der Waals surface area contributed by atoms with Crippen LogP contribution in [0.2, 0.25) is 0 Å². The molecule has 2 aromatic rings. The molecule has 0 fully saturated rings. The lowest BCUT2D eigenvalue weighted by molar-refractivity contribution is 0.101. The van der Waals surface area contributed by atoms with Crippen LogP contribution in [-0.4, -0.2) is 50.1 Å². The van der Waals surface area contributed by atoms with Gasteiger partial charge in [-0.1, -0.05) is 0 Å². The van der Waals surface area contributed by atoms with E-state index in [9.17, 15) is 4.79 Å². The molecule has 0 atom stereocenters. The van der Waals surface area contributed by atoms with Crippen molar-refractivity contribution in [2.45, 2.75) is 13.5 Å². The first-order chi connectivity index (χ1) is 9.97. The number of ketones is 1. The Kier molecular flexibility index (Phi) is 4.53. The molecule has 0 radical (unpaired) electrons. The zero-order valence-corrected chi connectivity index (χ0v) is 13.3. The summed E-state index contributed by atoms with van der Waals surface area (Å²) in [6, 6.07) is 3.75. The molecule has 0 N–H and O–H groups in total. The van der Waals surface area contributed by atoms with Gasteiger partial charge in [-0.2, -0.15) is 0 Å². The van der Waals surface area contributed by atoms with Crippen LogP contribution in [0.4, 0.5) is 0 Å². The molecule has 1 aromatic heterocycles. The van der Waals surface area contributed by atoms with Crippen molar-refractivity contribution in [3.05, 3.63) is 23.9 Å². The first kappa shape index (κ1) is 15.4. The van der Waals surface area contributed by atoms with Crippen LogP contribution in [0.25, 0.3) is 10.9 Å². The molecule has 0 aliphatic rings. The number of fused-ring (bicyclic) bond motifs is 1. The molecule has 1 aromatic carbocycles. The maximum atomic E-state index is 11.9. The summed E-state index contributed by atoms with van der Waals surface area (Å²) >= 11 is 0. The standard InChI is InChI=1S/C16H22N2O3/c1-11(19)13-10-18(7-6-17(2)3)14-8-12(20-4)9-15(21-5)16(13)14/h8-10H,6-7H2,1-5H3. The summed E-state index contributed by atoms with van der Waals surface area (Å²) in [6.07, 6.45) is 1.90. The summed E-state index contributed by atoms with van der Waals surface area (Å²) in [5.41, 5.74) is 1.64. The van der Waals surface area contributed by atoms with Crippen molar-refractivity contribution in [1.29, 1.82) is 0 Å². The number of carbonyl (C=O) groups is 1. The Morgan fingerprint density at radius 3 is 2.48 bits per heavy atom. The van der Waals surface area contributed by atoms with Crippen LogP contribution in [0.3, 0.4) is 0 Å². The highest BCUT2D eigenvalue weighted by atomic mass is 16.5. The maximum absolute atomic E-state index is 11.9. The molecule has 0 spiro atoms. The first-order valence-electron chi connectivity index (χ1n) is 6.88. The fourth-order valence-electron chi connectivity index (χ4n) is 2.40. The number of nitrogens with zero attached hydrogens (tertiary/aromatic N) is 2. The molecule has 0 aliphatic heterocycles. The lowest BCUT2D eigenvalue weighted by Gasteiger charge is -2.12. The number of ether oxygens (including phenoxy) is 2. The number of carbonyl (C=O) groups excluding carboxylic acids is 1. The molecule has 114 valence electrons. The summed E-state index contributed by atoms with van der Waals surface area (Å²) in [5.74, 6) is 1.42. The third-order valence-corrected chi connectivity index (χ3v) is 3.54. The Labute approximate surface area is 125 Å². The fraction of sp³-hybridized carbons (Fsp3) is 0.438. The second kappa shape index (κ2) is 6.18. The zero-order chi connectivity index (χ0) is 15.6. The first-order valence-corrected chi connectivity index (χ1v) is 6.88. The average molecular weight is 290 g/mol. The third kappa shape index (κ3) is 3.03. The van der Waals surface area contributed by atoms with Crippen LogP contribution in [0.15, 0.2) is 18.3 Å². The molecule has 0 aliphatic carbocycles. The lowest BCUT2D eigenvalue weighted by atomic mass is 10.1. The van der Waals surface area contributed by atoms with Gasteiger partial charge in [0, 0.05) is 37.0 Å². The largest absolute Gasteiger partial charge is 0.497 e. The second-order valence-electron chi connectivity index (χ2n) is 5.32. The molecule has 0 bridgehead atoms. The van der Waals surface area contributed by atoms with Crippen LogP contribution in [0.5, 0.6) is 11.5 Å². The number of rotatable bonds is 6. The van der Waals surface area contributed by atoms with Crippen molar-refractivity contribution >= 4 is 16.7 Å². The van der Waals surface area contributed by atoms with E-state index in [1.54, 1.807) is 21.1 Å². The Balaban J connectivity index is 2.65. The summed E-state index contributed by atoms with van der Waals surface area (Å²) in [7, 11) is 7.28. The predicted octanol–water partition coefficient (Wildman–Crippen LogP) is 2.42. The normalized spacial score (nSPS) is 11.1. The van der Waals surface area contributed by atoms with Crippen molar-refractivity contribution in [1.82, 2.24) is 9.47 Å². The molecule has 0 amide bonds. The quantitative estimate of drug-likeness (QED) is 0.766. The molecule has 21 heavy (non-hydrogen) atoms. The molecule has 0 unspecified atom stereocenters. The van der Waals surface area contributed by atoms with Crippen LogP contribution < -0.4 is 9.47 Å². The van der Waals surface area contributed by atoms with E-state index in [0.717, 1.165) is 29.7 Å². The zero-order valence-electron chi connectivity index (χ0n) is 13.3. The van der Waals surface area contributed by atoms with Gasteiger partial charge in [0.2, 0.25) is 0 Å². The van der Waals surface area contributed by atoms with E-state index in [1.807, 2.05) is 32.4 Å². The Morgan fingerprint density at radius 2 is 1.95 bits per heavy atom. The van der Waals surface area contributed by atoms with Crippen molar-refractivity contribution in [3.63, 3.8) is 0 Å². The summed E-state index contributed by atoms with van der Waals surface area (Å²) in [6.45, 7) is 3.27. The molecule has 1 heterocycles. The summed E-state index contributed by atoms with van der Waals surface area (Å²) in [5, 5.41) is 0.851. The number of methoxy groups -OCH3 is 2. The second-order valence-corrected chi connectivity index (χ2v) is 5.32. The van der Waals surface area contributed by atoms with Gasteiger partial charge < -0.3 is 18.9 Å². The lowest BCUT2D eigenvalue weighted by Crippen LogP contribution is -2.18. The van der Waals surface area contributed by atoms with Crippen molar-refractivity contribution in [2.24, 2.45) is 0 Å². The molecule has 5 nitrogen and oxygen atoms in total. The molecule has 0 saturated heterocycles. The van der Waals surface area contributed by atoms with E-state index in [-0.39, 0.29) is 5.78 Å². The van der Waals surface area contributed by atoms with E-state index in [0.29, 0.717) is 11.3 Å². The molecule has 2 rings (SSSR count). The van der Waals surface area contributed by atoms with Gasteiger partial charge in [-0.15, -0.1) is 0 Å². The van der Waals surface area contributed by atoms with E-state index >= 15 is 0 Å². The molecule has 0 saturated carbocycles. The van der Waals surface area contributed by atoms with Gasteiger partial charge >= 0.3 is 0 Å². The number of hydrogen-bond donors (Lipinski definition) is 0. The van der Waals surface area contributed by atoms with Gasteiger partial charge in [-0.05, 0) is 21.0 Å². The van der Waals surface area contributed by atoms with Crippen molar-refractivity contribution < 1.29 is 14.3 Å². The van der Waals surface area contributed by atoms with Gasteiger partial charge in [-0.25, -0.2) is 0 Å². The minimum absolute atomic E-state index is 0.0343. The highest BCUT2D eigenvalue weighted by Crippen LogP contribution is 2.35. The summed E-state index contributed by atoms with van der Waals surface area (Å²) in [4.78, 5) is 14.0. The number of likely N-dealkylation sites (N-methyl/N-ethyl adjacent to an activating group) is 1. The Bertz CT molecular complexity index is 659. The van der Waals surface area contributed by atoms with E-state index in [1.165, 1.54) is 0 Å². The number of hydrogen-bond acceptors (Lipinski definition) is 4. The van der Waals surface area contributed by atoms with Gasteiger partial charge in [0.05, 0.1) is 25.1 Å². The van der Waals surface area contributed by atoms with Crippen LogP contribution in [0, 0.1) is 0 Å². The minimum Gasteiger partial charge on any atom is -0.497 e. The summed E-state index contributed by atoms with van der Waals surface area (Å²) < 4.78 is 12.9. The SMILES string of the molecule is COc1cc(OC)c2c(C(C)=O)cn(CCN(C)C)c2c1. The minimum atomic E-state index is 0.0343. The smallest absolute Gasteiger partial charge is 0.162 e. The fourth-order valence-corrected chi connectivity index (χ4v) is 2.40. The van der Waals surface area contributed by atoms with E-state index in [2.05, 4.69) is 9.47 Å². The number of benzene rings is 1. The maximum Gasteiger partial charge on any atom is 0.162 e. The van der Waals surface area contributed by atoms with Crippen LogP contribution >= 0.6 is 0 Å². The van der Waals surface area contributed by atoms with Gasteiger partial charge in [0.1, 0.15) is 11.5 Å². The Morgan fingerprint density at radius 1 is 1.24 bits per heavy atom. The molecular formula is C16H22N2O3.